The van der Waals surface area contributed by atoms with E-state index in [1.807, 2.05) is 14.0 Å². The summed E-state index contributed by atoms with van der Waals surface area (Å²) in [5.74, 6) is 0. The lowest BCUT2D eigenvalue weighted by atomic mass is 10.3. The predicted molar refractivity (Wildman–Crippen MR) is 38.7 cm³/mol. The smallest absolute Gasteiger partial charge is 0.404 e. The van der Waals surface area contributed by atoms with E-state index in [2.05, 4.69) is 10.1 Å². The van der Waals surface area contributed by atoms with Gasteiger partial charge < -0.3 is 15.8 Å². The van der Waals surface area contributed by atoms with Crippen LogP contribution in [0.1, 0.15) is 13.3 Å². The van der Waals surface area contributed by atoms with Gasteiger partial charge in [0.2, 0.25) is 0 Å². The molecule has 0 fully saturated rings. The van der Waals surface area contributed by atoms with Crippen LogP contribution in [0.25, 0.3) is 0 Å². The second kappa shape index (κ2) is 5.05. The number of rotatable bonds is 4. The van der Waals surface area contributed by atoms with Crippen molar-refractivity contribution in [2.75, 3.05) is 13.6 Å². The zero-order chi connectivity index (χ0) is 7.98. The molecule has 0 spiro atoms. The van der Waals surface area contributed by atoms with Crippen LogP contribution in [0.3, 0.4) is 0 Å². The highest BCUT2D eigenvalue weighted by Crippen LogP contribution is 1.94. The van der Waals surface area contributed by atoms with Crippen LogP contribution in [0.5, 0.6) is 0 Å². The monoisotopic (exact) mass is 146 g/mol. The fourth-order valence-electron chi connectivity index (χ4n) is 0.605. The number of nitrogens with two attached hydrogens (primary N) is 1. The summed E-state index contributed by atoms with van der Waals surface area (Å²) in [7, 11) is 1.84. The second-order valence-corrected chi connectivity index (χ2v) is 2.14. The molecule has 3 N–H and O–H groups in total. The molecule has 0 aliphatic heterocycles. The van der Waals surface area contributed by atoms with Gasteiger partial charge in [-0.25, -0.2) is 4.79 Å². The minimum atomic E-state index is -0.705. The summed E-state index contributed by atoms with van der Waals surface area (Å²) < 4.78 is 4.65. The largest absolute Gasteiger partial charge is 0.447 e. The van der Waals surface area contributed by atoms with E-state index in [0.29, 0.717) is 0 Å². The van der Waals surface area contributed by atoms with Gasteiger partial charge in [-0.15, -0.1) is 0 Å². The average molecular weight is 146 g/mol. The molecule has 0 rings (SSSR count). The molecule has 0 aromatic carbocycles. The highest BCUT2D eigenvalue weighted by Gasteiger charge is 2.03. The molecule has 0 aliphatic rings. The Bertz CT molecular complexity index is 106. The van der Waals surface area contributed by atoms with Crippen molar-refractivity contribution < 1.29 is 9.53 Å². The average Bonchev–Trinajstić information content (AvgIpc) is 1.82. The third-order valence-corrected chi connectivity index (χ3v) is 1.12. The van der Waals surface area contributed by atoms with Crippen LogP contribution in [0.15, 0.2) is 0 Å². The van der Waals surface area contributed by atoms with E-state index in [1.54, 1.807) is 0 Å². The number of primary amides is 1. The molecule has 10 heavy (non-hydrogen) atoms. The number of ether oxygens (including phenoxy) is 1. The van der Waals surface area contributed by atoms with E-state index in [0.717, 1.165) is 13.0 Å². The zero-order valence-electron chi connectivity index (χ0n) is 6.39. The van der Waals surface area contributed by atoms with Crippen LogP contribution in [-0.2, 0) is 4.74 Å². The number of amides is 1. The Morgan fingerprint density at radius 2 is 2.40 bits per heavy atom. The normalized spacial score (nSPS) is 12.6. The first kappa shape index (κ1) is 9.23. The molecule has 60 valence electrons. The van der Waals surface area contributed by atoms with Gasteiger partial charge in [-0.1, -0.05) is 0 Å². The van der Waals surface area contributed by atoms with Crippen LogP contribution in [-0.4, -0.2) is 25.8 Å². The fraction of sp³-hybridized carbons (Fsp3) is 0.833. The zero-order valence-corrected chi connectivity index (χ0v) is 6.39. The summed E-state index contributed by atoms with van der Waals surface area (Å²) >= 11 is 0. The van der Waals surface area contributed by atoms with Gasteiger partial charge in [0, 0.05) is 0 Å². The standard InChI is InChI=1S/C6H14N2O2/c1-5(3-4-8-2)10-6(7)9/h5,8H,3-4H2,1-2H3,(H2,7,9). The number of nitrogens with one attached hydrogen (secondary N) is 1. The van der Waals surface area contributed by atoms with Crippen LogP contribution < -0.4 is 11.1 Å². The maximum absolute atomic E-state index is 10.2. The molecule has 0 aliphatic carbocycles. The lowest BCUT2D eigenvalue weighted by Gasteiger charge is -2.09. The number of hydrogen-bond donors (Lipinski definition) is 2. The summed E-state index contributed by atoms with van der Waals surface area (Å²) in [6, 6.07) is 0. The highest BCUT2D eigenvalue weighted by molar-refractivity contribution is 5.64. The van der Waals surface area contributed by atoms with E-state index >= 15 is 0 Å². The SMILES string of the molecule is CNCCC(C)OC(N)=O. The minimum Gasteiger partial charge on any atom is -0.447 e. The molecule has 0 saturated heterocycles. The second-order valence-electron chi connectivity index (χ2n) is 2.14. The van der Waals surface area contributed by atoms with Gasteiger partial charge in [0.25, 0.3) is 0 Å². The van der Waals surface area contributed by atoms with Crippen molar-refractivity contribution in [1.82, 2.24) is 5.32 Å². The van der Waals surface area contributed by atoms with Gasteiger partial charge in [-0.3, -0.25) is 0 Å². The maximum Gasteiger partial charge on any atom is 0.404 e. The van der Waals surface area contributed by atoms with Gasteiger partial charge in [-0.05, 0) is 26.9 Å². The molecule has 4 nitrogen and oxygen atoms in total. The lowest BCUT2D eigenvalue weighted by Crippen LogP contribution is -2.23. The topological polar surface area (TPSA) is 64.3 Å². The Morgan fingerprint density at radius 3 is 2.80 bits per heavy atom. The summed E-state index contributed by atoms with van der Waals surface area (Å²) in [5.41, 5.74) is 4.78. The lowest BCUT2D eigenvalue weighted by molar-refractivity contribution is 0.112. The van der Waals surface area contributed by atoms with Crippen molar-refractivity contribution >= 4 is 6.09 Å². The summed E-state index contributed by atoms with van der Waals surface area (Å²) in [6.45, 7) is 2.64. The van der Waals surface area contributed by atoms with Gasteiger partial charge >= 0.3 is 6.09 Å². The molecule has 1 unspecified atom stereocenters. The third-order valence-electron chi connectivity index (χ3n) is 1.12. The van der Waals surface area contributed by atoms with Gasteiger partial charge in [-0.2, -0.15) is 0 Å². The van der Waals surface area contributed by atoms with Gasteiger partial charge in [0.15, 0.2) is 0 Å². The molecule has 0 aromatic rings. The summed E-state index contributed by atoms with van der Waals surface area (Å²) in [6.07, 6.45) is -0.00652. The molecule has 0 aromatic heterocycles. The van der Waals surface area contributed by atoms with E-state index in [9.17, 15) is 4.79 Å². The Labute approximate surface area is 60.7 Å². The Hall–Kier alpha value is -0.770. The Morgan fingerprint density at radius 1 is 1.80 bits per heavy atom. The molecule has 0 saturated carbocycles. The third kappa shape index (κ3) is 5.37. The molecule has 4 heteroatoms. The molecule has 0 bridgehead atoms. The quantitative estimate of drug-likeness (QED) is 0.590. The van der Waals surface area contributed by atoms with Crippen LogP contribution in [0.4, 0.5) is 4.79 Å². The molecule has 1 amide bonds. The van der Waals surface area contributed by atoms with Crippen molar-refractivity contribution in [1.29, 1.82) is 0 Å². The molecular formula is C6H14N2O2. The molecule has 0 radical (unpaired) electrons. The number of carbonyl (C=O) groups excluding carboxylic acids is 1. The van der Waals surface area contributed by atoms with E-state index in [4.69, 9.17) is 5.73 Å². The molecular weight excluding hydrogens is 132 g/mol. The predicted octanol–water partition coefficient (Wildman–Crippen LogP) is 0.0797. The van der Waals surface area contributed by atoms with Crippen molar-refractivity contribution in [2.45, 2.75) is 19.4 Å². The van der Waals surface area contributed by atoms with Crippen LogP contribution >= 0.6 is 0 Å². The first-order chi connectivity index (χ1) is 4.66. The summed E-state index contributed by atoms with van der Waals surface area (Å²) in [4.78, 5) is 10.2. The first-order valence-electron chi connectivity index (χ1n) is 3.27. The van der Waals surface area contributed by atoms with E-state index < -0.39 is 6.09 Å². The Balaban J connectivity index is 3.25. The minimum absolute atomic E-state index is 0.0926. The van der Waals surface area contributed by atoms with Crippen molar-refractivity contribution in [2.24, 2.45) is 5.73 Å². The number of carbonyl (C=O) groups is 1. The molecule has 0 heterocycles. The first-order valence-corrected chi connectivity index (χ1v) is 3.27. The van der Waals surface area contributed by atoms with Crippen molar-refractivity contribution in [3.8, 4) is 0 Å². The van der Waals surface area contributed by atoms with Crippen LogP contribution in [0, 0.1) is 0 Å². The van der Waals surface area contributed by atoms with Crippen LogP contribution in [0.2, 0.25) is 0 Å². The molecule has 1 atom stereocenters. The van der Waals surface area contributed by atoms with E-state index in [1.165, 1.54) is 0 Å². The van der Waals surface area contributed by atoms with Crippen molar-refractivity contribution in [3.63, 3.8) is 0 Å². The summed E-state index contributed by atoms with van der Waals surface area (Å²) in [5, 5.41) is 2.94. The van der Waals surface area contributed by atoms with E-state index in [-0.39, 0.29) is 6.10 Å². The Kier molecular flexibility index (Phi) is 4.66. The fourth-order valence-corrected chi connectivity index (χ4v) is 0.605. The number of hydrogen-bond acceptors (Lipinski definition) is 3. The van der Waals surface area contributed by atoms with Gasteiger partial charge in [0.1, 0.15) is 6.10 Å². The highest BCUT2D eigenvalue weighted by atomic mass is 16.6. The van der Waals surface area contributed by atoms with Gasteiger partial charge in [0.05, 0.1) is 0 Å². The van der Waals surface area contributed by atoms with Crippen molar-refractivity contribution in [3.05, 3.63) is 0 Å². The maximum atomic E-state index is 10.2.